The topological polar surface area (TPSA) is 74.3 Å². The lowest BCUT2D eigenvalue weighted by molar-refractivity contribution is -0.125. The lowest BCUT2D eigenvalue weighted by atomic mass is 10.0. The van der Waals surface area contributed by atoms with Crippen LogP contribution < -0.4 is 10.6 Å². The number of carbonyl (C=O) groups excluding carboxylic acids is 2. The number of nitrogens with zero attached hydrogens (tertiary/aromatic N) is 2. The molecule has 2 aliphatic heterocycles. The number of aryl methyl sites for hydroxylation is 1. The van der Waals surface area contributed by atoms with Crippen LogP contribution in [0.2, 0.25) is 0 Å². The molecular formula is C24H28N4O2S. The van der Waals surface area contributed by atoms with Crippen molar-refractivity contribution < 1.29 is 9.59 Å². The van der Waals surface area contributed by atoms with Gasteiger partial charge in [-0.2, -0.15) is 0 Å². The molecule has 4 heterocycles. The second-order valence-electron chi connectivity index (χ2n) is 7.91. The van der Waals surface area contributed by atoms with E-state index in [9.17, 15) is 9.59 Å². The van der Waals surface area contributed by atoms with Gasteiger partial charge in [0.1, 0.15) is 5.82 Å². The van der Waals surface area contributed by atoms with Crippen molar-refractivity contribution in [2.24, 2.45) is 0 Å². The third-order valence-corrected chi connectivity index (χ3v) is 6.47. The number of thiophene rings is 1. The van der Waals surface area contributed by atoms with Crippen molar-refractivity contribution in [2.75, 3.05) is 31.5 Å². The Bertz CT molecular complexity index is 981. The van der Waals surface area contributed by atoms with Crippen LogP contribution in [0.3, 0.4) is 0 Å². The quantitative estimate of drug-likeness (QED) is 0.569. The van der Waals surface area contributed by atoms with Crippen LogP contribution in [0.5, 0.6) is 0 Å². The number of aromatic nitrogens is 1. The average molecular weight is 437 g/mol. The van der Waals surface area contributed by atoms with E-state index in [1.54, 1.807) is 23.6 Å². The predicted molar refractivity (Wildman–Crippen MR) is 125 cm³/mol. The molecule has 6 nitrogen and oxygen atoms in total. The molecular weight excluding hydrogens is 408 g/mol. The standard InChI is InChI=1S/C24H28N4O2S/c29-22-7-11-25-10-1-3-20-15-19(17-26-24(20)27-22)5-6-23(30)28-12-8-18(9-13-28)16-21-4-2-14-31-21/h2,4-6,8,14-15,17,25H,1,3,7,9-13,16H2,(H,26,27,29). The maximum absolute atomic E-state index is 12.6. The Morgan fingerprint density at radius 3 is 3.00 bits per heavy atom. The van der Waals surface area contributed by atoms with Crippen LogP contribution in [-0.2, 0) is 22.4 Å². The van der Waals surface area contributed by atoms with Crippen molar-refractivity contribution in [3.63, 3.8) is 0 Å². The molecule has 0 aliphatic carbocycles. The lowest BCUT2D eigenvalue weighted by Gasteiger charge is -2.25. The second kappa shape index (κ2) is 10.5. The van der Waals surface area contributed by atoms with Gasteiger partial charge in [-0.1, -0.05) is 17.7 Å². The summed E-state index contributed by atoms with van der Waals surface area (Å²) in [6, 6.07) is 6.26. The minimum atomic E-state index is -0.0294. The molecule has 0 saturated carbocycles. The van der Waals surface area contributed by atoms with Crippen molar-refractivity contribution in [3.8, 4) is 0 Å². The van der Waals surface area contributed by atoms with E-state index >= 15 is 0 Å². The van der Waals surface area contributed by atoms with Crippen molar-refractivity contribution in [1.82, 2.24) is 15.2 Å². The molecule has 31 heavy (non-hydrogen) atoms. The van der Waals surface area contributed by atoms with Crippen molar-refractivity contribution in [3.05, 3.63) is 63.5 Å². The maximum atomic E-state index is 12.6. The Morgan fingerprint density at radius 2 is 2.19 bits per heavy atom. The van der Waals surface area contributed by atoms with Gasteiger partial charge in [0.2, 0.25) is 11.8 Å². The van der Waals surface area contributed by atoms with Crippen LogP contribution in [0.25, 0.3) is 6.08 Å². The zero-order chi connectivity index (χ0) is 21.5. The third-order valence-electron chi connectivity index (χ3n) is 5.59. The number of anilines is 1. The lowest BCUT2D eigenvalue weighted by Crippen LogP contribution is -2.33. The SMILES string of the molecule is O=C1CCNCCCc2cc(C=CC(=O)N3CC=C(Cc4cccs4)CC3)cnc2N1. The highest BCUT2D eigenvalue weighted by molar-refractivity contribution is 7.09. The number of nitrogens with one attached hydrogen (secondary N) is 2. The zero-order valence-corrected chi connectivity index (χ0v) is 18.4. The monoisotopic (exact) mass is 436 g/mol. The molecule has 4 rings (SSSR count). The molecule has 0 unspecified atom stereocenters. The van der Waals surface area contributed by atoms with Crippen LogP contribution in [0.4, 0.5) is 5.82 Å². The summed E-state index contributed by atoms with van der Waals surface area (Å²) in [7, 11) is 0. The Kier molecular flexibility index (Phi) is 7.27. The highest BCUT2D eigenvalue weighted by Gasteiger charge is 2.16. The summed E-state index contributed by atoms with van der Waals surface area (Å²) in [6.45, 7) is 2.97. The molecule has 0 atom stereocenters. The third kappa shape index (κ3) is 6.12. The molecule has 0 bridgehead atoms. The summed E-state index contributed by atoms with van der Waals surface area (Å²) in [6.07, 6.45) is 11.5. The number of fused-ring (bicyclic) bond motifs is 1. The Labute approximate surface area is 187 Å². The molecule has 2 aromatic rings. The molecule has 0 fully saturated rings. The normalized spacial score (nSPS) is 17.7. The largest absolute Gasteiger partial charge is 0.335 e. The molecule has 162 valence electrons. The van der Waals surface area contributed by atoms with Gasteiger partial charge in [0, 0.05) is 49.6 Å². The van der Waals surface area contributed by atoms with E-state index in [0.717, 1.165) is 49.9 Å². The minimum absolute atomic E-state index is 0.0176. The van der Waals surface area contributed by atoms with Crippen LogP contribution in [0.1, 0.15) is 35.3 Å². The fraction of sp³-hybridized carbons (Fsp3) is 0.375. The zero-order valence-electron chi connectivity index (χ0n) is 17.6. The first-order valence-electron chi connectivity index (χ1n) is 10.8. The fourth-order valence-electron chi connectivity index (χ4n) is 3.83. The van der Waals surface area contributed by atoms with Crippen LogP contribution >= 0.6 is 11.3 Å². The number of amides is 2. The predicted octanol–water partition coefficient (Wildman–Crippen LogP) is 3.42. The highest BCUT2D eigenvalue weighted by atomic mass is 32.1. The first kappa shape index (κ1) is 21.5. The van der Waals surface area contributed by atoms with Gasteiger partial charge in [-0.25, -0.2) is 4.98 Å². The fourth-order valence-corrected chi connectivity index (χ4v) is 4.59. The maximum Gasteiger partial charge on any atom is 0.246 e. The van der Waals surface area contributed by atoms with Crippen LogP contribution in [-0.4, -0.2) is 47.9 Å². The van der Waals surface area contributed by atoms with E-state index in [1.165, 1.54) is 10.5 Å². The van der Waals surface area contributed by atoms with Gasteiger partial charge in [-0.05, 0) is 60.5 Å². The summed E-state index contributed by atoms with van der Waals surface area (Å²) in [4.78, 5) is 32.3. The van der Waals surface area contributed by atoms with Gasteiger partial charge in [-0.3, -0.25) is 9.59 Å². The summed E-state index contributed by atoms with van der Waals surface area (Å²) < 4.78 is 0. The molecule has 0 spiro atoms. The molecule has 2 aromatic heterocycles. The molecule has 0 aromatic carbocycles. The first-order valence-corrected chi connectivity index (χ1v) is 11.7. The van der Waals surface area contributed by atoms with E-state index in [2.05, 4.69) is 39.2 Å². The van der Waals surface area contributed by atoms with Gasteiger partial charge in [-0.15, -0.1) is 11.3 Å². The van der Waals surface area contributed by atoms with Gasteiger partial charge < -0.3 is 15.5 Å². The van der Waals surface area contributed by atoms with E-state index in [1.807, 2.05) is 17.0 Å². The average Bonchev–Trinajstić information content (AvgIpc) is 3.29. The second-order valence-corrected chi connectivity index (χ2v) is 8.95. The Hall–Kier alpha value is -2.77. The number of hydrogen-bond donors (Lipinski definition) is 2. The van der Waals surface area contributed by atoms with E-state index < -0.39 is 0 Å². The van der Waals surface area contributed by atoms with Crippen molar-refractivity contribution >= 4 is 35.0 Å². The van der Waals surface area contributed by atoms with Gasteiger partial charge in [0.05, 0.1) is 0 Å². The van der Waals surface area contributed by atoms with Gasteiger partial charge in [0.15, 0.2) is 0 Å². The van der Waals surface area contributed by atoms with E-state index in [0.29, 0.717) is 25.3 Å². The van der Waals surface area contributed by atoms with Gasteiger partial charge >= 0.3 is 0 Å². The van der Waals surface area contributed by atoms with E-state index in [4.69, 9.17) is 0 Å². The molecule has 0 radical (unpaired) electrons. The van der Waals surface area contributed by atoms with Crippen LogP contribution in [0.15, 0.2) is 47.5 Å². The molecule has 2 N–H and O–H groups in total. The van der Waals surface area contributed by atoms with Crippen LogP contribution in [0, 0.1) is 0 Å². The highest BCUT2D eigenvalue weighted by Crippen LogP contribution is 2.21. The molecule has 0 saturated heterocycles. The molecule has 2 aliphatic rings. The number of pyridine rings is 1. The first-order chi connectivity index (χ1) is 15.2. The minimum Gasteiger partial charge on any atom is -0.335 e. The Balaban J connectivity index is 1.37. The van der Waals surface area contributed by atoms with Crippen molar-refractivity contribution in [1.29, 1.82) is 0 Å². The molecule has 7 heteroatoms. The Morgan fingerprint density at radius 1 is 1.26 bits per heavy atom. The van der Waals surface area contributed by atoms with Crippen molar-refractivity contribution in [2.45, 2.75) is 32.1 Å². The number of carbonyl (C=O) groups is 2. The smallest absolute Gasteiger partial charge is 0.246 e. The summed E-state index contributed by atoms with van der Waals surface area (Å²) in [5.74, 6) is 0.622. The summed E-state index contributed by atoms with van der Waals surface area (Å²) >= 11 is 1.78. The summed E-state index contributed by atoms with van der Waals surface area (Å²) in [5.41, 5.74) is 3.28. The number of rotatable bonds is 4. The number of hydrogen-bond acceptors (Lipinski definition) is 5. The summed E-state index contributed by atoms with van der Waals surface area (Å²) in [5, 5.41) is 8.27. The van der Waals surface area contributed by atoms with Gasteiger partial charge in [0.25, 0.3) is 0 Å². The molecule has 2 amide bonds. The van der Waals surface area contributed by atoms with E-state index in [-0.39, 0.29) is 11.8 Å².